The van der Waals surface area contributed by atoms with Crippen LogP contribution in [0.4, 0.5) is 0 Å². The summed E-state index contributed by atoms with van der Waals surface area (Å²) in [6.07, 6.45) is 2.62. The van der Waals surface area contributed by atoms with Gasteiger partial charge in [-0.1, -0.05) is 36.7 Å². The molecule has 1 aromatic rings. The Hall–Kier alpha value is -0.700. The topological polar surface area (TPSA) is 21.3 Å². The number of likely N-dealkylation sites (N-methyl/N-ethyl adjacent to an activating group) is 1. The highest BCUT2D eigenvalue weighted by molar-refractivity contribution is 6.32. The first kappa shape index (κ1) is 16.3. The van der Waals surface area contributed by atoms with Gasteiger partial charge >= 0.3 is 0 Å². The first-order valence-electron chi connectivity index (χ1n) is 5.51. The molecule has 0 bridgehead atoms. The minimum atomic E-state index is 0. The summed E-state index contributed by atoms with van der Waals surface area (Å²) in [7, 11) is 0. The van der Waals surface area contributed by atoms with Crippen molar-refractivity contribution in [1.82, 2.24) is 5.32 Å². The van der Waals surface area contributed by atoms with Crippen molar-refractivity contribution in [3.05, 3.63) is 41.4 Å². The Morgan fingerprint density at radius 1 is 1.47 bits per heavy atom. The van der Waals surface area contributed by atoms with E-state index in [0.29, 0.717) is 11.6 Å². The van der Waals surface area contributed by atoms with E-state index < -0.39 is 0 Å². The molecule has 0 heterocycles. The van der Waals surface area contributed by atoms with Gasteiger partial charge in [0.25, 0.3) is 0 Å². The number of hydrogen-bond donors (Lipinski definition) is 1. The molecular formula is C13H19Cl2NO. The van der Waals surface area contributed by atoms with Crippen molar-refractivity contribution in [2.24, 2.45) is 0 Å². The molecule has 17 heavy (non-hydrogen) atoms. The van der Waals surface area contributed by atoms with Gasteiger partial charge in [0.05, 0.1) is 5.02 Å². The van der Waals surface area contributed by atoms with Gasteiger partial charge < -0.3 is 10.1 Å². The van der Waals surface area contributed by atoms with E-state index in [4.69, 9.17) is 16.3 Å². The highest BCUT2D eigenvalue weighted by Crippen LogP contribution is 2.29. The van der Waals surface area contributed by atoms with Gasteiger partial charge in [0.2, 0.25) is 0 Å². The van der Waals surface area contributed by atoms with Gasteiger partial charge in [-0.15, -0.1) is 19.0 Å². The lowest BCUT2D eigenvalue weighted by Gasteiger charge is -2.12. The number of halogens is 2. The van der Waals surface area contributed by atoms with E-state index in [1.165, 1.54) is 0 Å². The molecule has 0 atom stereocenters. The molecule has 0 saturated heterocycles. The number of nitrogens with one attached hydrogen (secondary N) is 1. The van der Waals surface area contributed by atoms with Crippen LogP contribution in [0.3, 0.4) is 0 Å². The lowest BCUT2D eigenvalue weighted by Crippen LogP contribution is -2.20. The smallest absolute Gasteiger partial charge is 0.141 e. The van der Waals surface area contributed by atoms with Crippen molar-refractivity contribution < 1.29 is 4.74 Å². The number of allylic oxidation sites excluding steroid dienone is 1. The molecule has 1 N–H and O–H groups in total. The van der Waals surface area contributed by atoms with Gasteiger partial charge in [0, 0.05) is 6.54 Å². The fourth-order valence-electron chi connectivity index (χ4n) is 1.43. The molecule has 1 aromatic carbocycles. The molecule has 0 aliphatic rings. The highest BCUT2D eigenvalue weighted by Gasteiger charge is 2.06. The van der Waals surface area contributed by atoms with Gasteiger partial charge in [-0.3, -0.25) is 0 Å². The zero-order chi connectivity index (χ0) is 11.8. The maximum atomic E-state index is 6.10. The Bertz CT molecular complexity index is 342. The van der Waals surface area contributed by atoms with Crippen LogP contribution < -0.4 is 10.1 Å². The van der Waals surface area contributed by atoms with E-state index in [1.807, 2.05) is 24.3 Å². The Morgan fingerprint density at radius 2 is 2.24 bits per heavy atom. The van der Waals surface area contributed by atoms with Crippen molar-refractivity contribution in [3.8, 4) is 5.75 Å². The minimum absolute atomic E-state index is 0. The molecule has 0 saturated carbocycles. The average molecular weight is 276 g/mol. The molecule has 2 nitrogen and oxygen atoms in total. The second kappa shape index (κ2) is 9.34. The lowest BCUT2D eigenvalue weighted by molar-refractivity contribution is 0.313. The van der Waals surface area contributed by atoms with Crippen LogP contribution in [-0.4, -0.2) is 19.7 Å². The Labute approximate surface area is 114 Å². The van der Waals surface area contributed by atoms with Crippen LogP contribution in [0.1, 0.15) is 12.5 Å². The van der Waals surface area contributed by atoms with Crippen LogP contribution in [0.15, 0.2) is 30.9 Å². The average Bonchev–Trinajstić information content (AvgIpc) is 2.28. The fourth-order valence-corrected chi connectivity index (χ4v) is 1.68. The van der Waals surface area contributed by atoms with Gasteiger partial charge in [0.15, 0.2) is 0 Å². The quantitative estimate of drug-likeness (QED) is 0.608. The number of rotatable bonds is 7. The van der Waals surface area contributed by atoms with E-state index >= 15 is 0 Å². The molecule has 0 aromatic heterocycles. The summed E-state index contributed by atoms with van der Waals surface area (Å²) < 4.78 is 5.68. The monoisotopic (exact) mass is 275 g/mol. The third-order valence-corrected chi connectivity index (χ3v) is 2.49. The minimum Gasteiger partial charge on any atom is -0.490 e. The summed E-state index contributed by atoms with van der Waals surface area (Å²) in [4.78, 5) is 0. The Morgan fingerprint density at radius 3 is 2.88 bits per heavy atom. The van der Waals surface area contributed by atoms with Crippen molar-refractivity contribution >= 4 is 24.0 Å². The molecule has 0 spiro atoms. The zero-order valence-corrected chi connectivity index (χ0v) is 11.6. The number of benzene rings is 1. The highest BCUT2D eigenvalue weighted by atomic mass is 35.5. The molecule has 0 aliphatic heterocycles. The van der Waals surface area contributed by atoms with Gasteiger partial charge in [0.1, 0.15) is 12.4 Å². The molecular weight excluding hydrogens is 257 g/mol. The van der Waals surface area contributed by atoms with Crippen LogP contribution in [0.5, 0.6) is 5.75 Å². The number of para-hydroxylation sites is 1. The van der Waals surface area contributed by atoms with E-state index in [9.17, 15) is 0 Å². The molecule has 0 amide bonds. The van der Waals surface area contributed by atoms with Crippen LogP contribution in [0.25, 0.3) is 0 Å². The van der Waals surface area contributed by atoms with Gasteiger partial charge in [-0.05, 0) is 24.6 Å². The van der Waals surface area contributed by atoms with Crippen LogP contribution >= 0.6 is 24.0 Å². The van der Waals surface area contributed by atoms with Crippen molar-refractivity contribution in [1.29, 1.82) is 0 Å². The normalized spacial score (nSPS) is 9.53. The third-order valence-electron chi connectivity index (χ3n) is 2.19. The summed E-state index contributed by atoms with van der Waals surface area (Å²) in [6, 6.07) is 5.78. The van der Waals surface area contributed by atoms with Crippen molar-refractivity contribution in [2.75, 3.05) is 19.7 Å². The summed E-state index contributed by atoms with van der Waals surface area (Å²) in [5.41, 5.74) is 1.08. The first-order chi connectivity index (χ1) is 7.79. The van der Waals surface area contributed by atoms with Crippen LogP contribution in [-0.2, 0) is 6.42 Å². The number of hydrogen-bond acceptors (Lipinski definition) is 2. The summed E-state index contributed by atoms with van der Waals surface area (Å²) in [5, 5.41) is 3.86. The van der Waals surface area contributed by atoms with E-state index in [0.717, 1.165) is 30.8 Å². The molecule has 96 valence electrons. The third kappa shape index (κ3) is 5.44. The standard InChI is InChI=1S/C13H18ClNO.ClH/c1-3-6-11-7-5-8-12(14)13(11)16-10-9-15-4-2;/h3,5,7-8,15H,1,4,6,9-10H2,2H3;1H. The molecule has 0 radical (unpaired) electrons. The maximum Gasteiger partial charge on any atom is 0.141 e. The van der Waals surface area contributed by atoms with E-state index in [2.05, 4.69) is 18.8 Å². The van der Waals surface area contributed by atoms with Crippen molar-refractivity contribution in [3.63, 3.8) is 0 Å². The molecule has 0 fully saturated rings. The maximum absolute atomic E-state index is 6.10. The summed E-state index contributed by atoms with van der Waals surface area (Å²) in [5.74, 6) is 0.780. The molecule has 4 heteroatoms. The van der Waals surface area contributed by atoms with Crippen LogP contribution in [0, 0.1) is 0 Å². The molecule has 0 unspecified atom stereocenters. The van der Waals surface area contributed by atoms with Crippen molar-refractivity contribution in [2.45, 2.75) is 13.3 Å². The van der Waals surface area contributed by atoms with E-state index in [-0.39, 0.29) is 12.4 Å². The first-order valence-corrected chi connectivity index (χ1v) is 5.89. The number of ether oxygens (including phenoxy) is 1. The molecule has 1 rings (SSSR count). The Kier molecular flexibility index (Phi) is 8.96. The lowest BCUT2D eigenvalue weighted by atomic mass is 10.1. The summed E-state index contributed by atoms with van der Waals surface area (Å²) >= 11 is 6.10. The van der Waals surface area contributed by atoms with Gasteiger partial charge in [-0.25, -0.2) is 0 Å². The predicted octanol–water partition coefficient (Wildman–Crippen LogP) is 3.48. The van der Waals surface area contributed by atoms with E-state index in [1.54, 1.807) is 0 Å². The SMILES string of the molecule is C=CCc1cccc(Cl)c1OCCNCC.Cl. The fraction of sp³-hybridized carbons (Fsp3) is 0.385. The summed E-state index contributed by atoms with van der Waals surface area (Å²) in [6.45, 7) is 8.20. The van der Waals surface area contributed by atoms with Gasteiger partial charge in [-0.2, -0.15) is 0 Å². The second-order valence-corrected chi connectivity index (χ2v) is 3.83. The van der Waals surface area contributed by atoms with Crippen LogP contribution in [0.2, 0.25) is 5.02 Å². The Balaban J connectivity index is 0.00000256. The molecule has 0 aliphatic carbocycles. The zero-order valence-electron chi connectivity index (χ0n) is 10.0. The largest absolute Gasteiger partial charge is 0.490 e. The second-order valence-electron chi connectivity index (χ2n) is 3.42. The predicted molar refractivity (Wildman–Crippen MR) is 76.6 cm³/mol.